The normalized spacial score (nSPS) is 16.9. The summed E-state index contributed by atoms with van der Waals surface area (Å²) in [5.74, 6) is -0.0428. The van der Waals surface area contributed by atoms with E-state index in [-0.39, 0.29) is 11.1 Å². The highest BCUT2D eigenvalue weighted by Gasteiger charge is 2.28. The van der Waals surface area contributed by atoms with Crippen LogP contribution in [0.4, 0.5) is 0 Å². The molecule has 1 aliphatic carbocycles. The van der Waals surface area contributed by atoms with Gasteiger partial charge in [-0.1, -0.05) is 29.8 Å². The average molecular weight is 453 g/mol. The van der Waals surface area contributed by atoms with Crippen molar-refractivity contribution in [2.24, 2.45) is 0 Å². The van der Waals surface area contributed by atoms with Crippen molar-refractivity contribution in [3.05, 3.63) is 74.0 Å². The van der Waals surface area contributed by atoms with Crippen LogP contribution in [0.2, 0.25) is 5.02 Å². The fraction of sp³-hybridized carbons (Fsp3) is 0.375. The third-order valence-electron chi connectivity index (χ3n) is 6.08. The van der Waals surface area contributed by atoms with Gasteiger partial charge in [0.15, 0.2) is 5.69 Å². The number of halogens is 1. The molecule has 5 rings (SSSR count). The summed E-state index contributed by atoms with van der Waals surface area (Å²) in [6.45, 7) is 4.26. The van der Waals surface area contributed by atoms with Crippen molar-refractivity contribution in [1.29, 1.82) is 0 Å². The van der Waals surface area contributed by atoms with Gasteiger partial charge in [0.25, 0.3) is 5.91 Å². The second-order valence-electron chi connectivity index (χ2n) is 8.48. The molecule has 2 fully saturated rings. The van der Waals surface area contributed by atoms with Gasteiger partial charge in [-0.05, 0) is 53.6 Å². The number of carbonyl (C=O) groups excluding carboxylic acids is 1. The molecule has 2 aliphatic rings. The molecule has 1 aromatic heterocycles. The van der Waals surface area contributed by atoms with Gasteiger partial charge in [0.1, 0.15) is 0 Å². The molecule has 7 nitrogen and oxygen atoms in total. The number of H-pyrrole nitrogens is 1. The van der Waals surface area contributed by atoms with E-state index in [4.69, 9.17) is 16.3 Å². The SMILES string of the molecule is O=C(NCc1ccc(Cl)cc1)c1n[nH]c2c(C3CC3)cc(CN3CCOCC3)cc2c1=O. The van der Waals surface area contributed by atoms with Crippen LogP contribution in [0.1, 0.15) is 45.9 Å². The van der Waals surface area contributed by atoms with Gasteiger partial charge < -0.3 is 10.1 Å². The molecule has 2 aromatic carbocycles. The summed E-state index contributed by atoms with van der Waals surface area (Å²) >= 11 is 5.91. The van der Waals surface area contributed by atoms with Crippen LogP contribution in [0, 0.1) is 0 Å². The van der Waals surface area contributed by atoms with Crippen LogP contribution in [-0.2, 0) is 17.8 Å². The van der Waals surface area contributed by atoms with Crippen LogP contribution in [0.5, 0.6) is 0 Å². The molecule has 1 amide bonds. The van der Waals surface area contributed by atoms with Crippen molar-refractivity contribution in [2.75, 3.05) is 26.3 Å². The molecule has 3 aromatic rings. The first-order valence-corrected chi connectivity index (χ1v) is 11.3. The van der Waals surface area contributed by atoms with Gasteiger partial charge in [0.2, 0.25) is 5.43 Å². The minimum Gasteiger partial charge on any atom is -0.379 e. The Morgan fingerprint density at radius 1 is 1.16 bits per heavy atom. The molecule has 1 aliphatic heterocycles. The molecule has 2 heterocycles. The number of aromatic amines is 1. The Hall–Kier alpha value is -2.74. The van der Waals surface area contributed by atoms with Gasteiger partial charge in [-0.25, -0.2) is 0 Å². The van der Waals surface area contributed by atoms with Crippen LogP contribution in [-0.4, -0.2) is 47.3 Å². The summed E-state index contributed by atoms with van der Waals surface area (Å²) in [7, 11) is 0. The molecule has 0 atom stereocenters. The van der Waals surface area contributed by atoms with Gasteiger partial charge in [-0.3, -0.25) is 19.6 Å². The molecular weight excluding hydrogens is 428 g/mol. The Morgan fingerprint density at radius 3 is 2.62 bits per heavy atom. The first kappa shape index (κ1) is 21.1. The van der Waals surface area contributed by atoms with Crippen molar-refractivity contribution in [1.82, 2.24) is 20.4 Å². The zero-order chi connectivity index (χ0) is 22.1. The summed E-state index contributed by atoms with van der Waals surface area (Å²) in [6.07, 6.45) is 2.23. The first-order valence-electron chi connectivity index (χ1n) is 11.0. The molecular formula is C24H25ClN4O3. The number of amides is 1. The monoisotopic (exact) mass is 452 g/mol. The van der Waals surface area contributed by atoms with E-state index in [1.54, 1.807) is 12.1 Å². The molecule has 0 spiro atoms. The highest BCUT2D eigenvalue weighted by Crippen LogP contribution is 2.42. The molecule has 1 saturated heterocycles. The van der Waals surface area contributed by atoms with Gasteiger partial charge >= 0.3 is 0 Å². The number of nitrogens with zero attached hydrogens (tertiary/aromatic N) is 2. The van der Waals surface area contributed by atoms with Gasteiger partial charge in [-0.2, -0.15) is 5.10 Å². The van der Waals surface area contributed by atoms with Crippen LogP contribution in [0.25, 0.3) is 10.9 Å². The third kappa shape index (κ3) is 4.55. The Kier molecular flexibility index (Phi) is 5.95. The van der Waals surface area contributed by atoms with E-state index in [2.05, 4.69) is 26.5 Å². The smallest absolute Gasteiger partial charge is 0.276 e. The van der Waals surface area contributed by atoms with Crippen molar-refractivity contribution in [3.8, 4) is 0 Å². The average Bonchev–Trinajstić information content (AvgIpc) is 3.65. The Bertz CT molecular complexity index is 1200. The highest BCUT2D eigenvalue weighted by molar-refractivity contribution is 6.30. The summed E-state index contributed by atoms with van der Waals surface area (Å²) in [5.41, 5.74) is 3.41. The molecule has 8 heteroatoms. The van der Waals surface area contributed by atoms with E-state index in [0.717, 1.165) is 67.9 Å². The molecule has 166 valence electrons. The summed E-state index contributed by atoms with van der Waals surface area (Å²) in [4.78, 5) is 28.3. The van der Waals surface area contributed by atoms with Crippen molar-refractivity contribution in [3.63, 3.8) is 0 Å². The second-order valence-corrected chi connectivity index (χ2v) is 8.92. The van der Waals surface area contributed by atoms with Crippen molar-refractivity contribution in [2.45, 2.75) is 31.8 Å². The minimum absolute atomic E-state index is 0.114. The van der Waals surface area contributed by atoms with E-state index < -0.39 is 5.91 Å². The number of benzene rings is 2. The van der Waals surface area contributed by atoms with Crippen LogP contribution in [0.3, 0.4) is 0 Å². The molecule has 1 saturated carbocycles. The quantitative estimate of drug-likeness (QED) is 0.599. The molecule has 0 bridgehead atoms. The molecule has 0 unspecified atom stereocenters. The van der Waals surface area contributed by atoms with Gasteiger partial charge in [0.05, 0.1) is 24.1 Å². The fourth-order valence-electron chi connectivity index (χ4n) is 4.17. The summed E-state index contributed by atoms with van der Waals surface area (Å²) in [5, 5.41) is 11.1. The predicted octanol–water partition coefficient (Wildman–Crippen LogP) is 3.22. The van der Waals surface area contributed by atoms with Crippen molar-refractivity contribution < 1.29 is 9.53 Å². The zero-order valence-electron chi connectivity index (χ0n) is 17.7. The van der Waals surface area contributed by atoms with Crippen LogP contribution >= 0.6 is 11.6 Å². The van der Waals surface area contributed by atoms with E-state index in [9.17, 15) is 9.59 Å². The lowest BCUT2D eigenvalue weighted by Crippen LogP contribution is -2.35. The standard InChI is InChI=1S/C24H25ClN4O3/c25-18-5-1-15(2-6-18)13-26-24(31)22-23(30)20-12-16(14-29-7-9-32-10-8-29)11-19(17-3-4-17)21(20)27-28-22/h1-2,5-6,11-12,17H,3-4,7-10,13-14H2,(H,26,31)(H,27,30). The van der Waals surface area contributed by atoms with E-state index in [1.807, 2.05) is 18.2 Å². The van der Waals surface area contributed by atoms with Gasteiger partial charge in [0, 0.05) is 31.2 Å². The number of aromatic nitrogens is 2. The highest BCUT2D eigenvalue weighted by atomic mass is 35.5. The number of morpholine rings is 1. The Morgan fingerprint density at radius 2 is 1.91 bits per heavy atom. The van der Waals surface area contributed by atoms with E-state index in [1.165, 1.54) is 0 Å². The molecule has 32 heavy (non-hydrogen) atoms. The summed E-state index contributed by atoms with van der Waals surface area (Å²) in [6, 6.07) is 11.3. The molecule has 2 N–H and O–H groups in total. The Labute approximate surface area is 190 Å². The van der Waals surface area contributed by atoms with Crippen molar-refractivity contribution >= 4 is 28.4 Å². The van der Waals surface area contributed by atoms with E-state index >= 15 is 0 Å². The van der Waals surface area contributed by atoms with Crippen LogP contribution < -0.4 is 10.7 Å². The number of carbonyl (C=O) groups is 1. The maximum Gasteiger partial charge on any atom is 0.276 e. The lowest BCUT2D eigenvalue weighted by Gasteiger charge is -2.26. The number of hydrogen-bond donors (Lipinski definition) is 2. The number of fused-ring (bicyclic) bond motifs is 1. The predicted molar refractivity (Wildman–Crippen MR) is 123 cm³/mol. The zero-order valence-corrected chi connectivity index (χ0v) is 18.5. The van der Waals surface area contributed by atoms with Crippen LogP contribution in [0.15, 0.2) is 41.2 Å². The number of hydrogen-bond acceptors (Lipinski definition) is 5. The maximum atomic E-state index is 13.3. The largest absolute Gasteiger partial charge is 0.379 e. The minimum atomic E-state index is -0.491. The lowest BCUT2D eigenvalue weighted by atomic mass is 10.0. The number of ether oxygens (including phenoxy) is 1. The Balaban J connectivity index is 1.43. The second kappa shape index (κ2) is 9.02. The maximum absolute atomic E-state index is 13.3. The number of rotatable bonds is 6. The third-order valence-corrected chi connectivity index (χ3v) is 6.33. The summed E-state index contributed by atoms with van der Waals surface area (Å²) < 4.78 is 5.45. The molecule has 0 radical (unpaired) electrons. The first-order chi connectivity index (χ1) is 15.6. The number of nitrogens with one attached hydrogen (secondary N) is 2. The fourth-order valence-corrected chi connectivity index (χ4v) is 4.29. The van der Waals surface area contributed by atoms with Gasteiger partial charge in [-0.15, -0.1) is 0 Å². The lowest BCUT2D eigenvalue weighted by molar-refractivity contribution is 0.0342. The van der Waals surface area contributed by atoms with E-state index in [0.29, 0.717) is 22.9 Å². The topological polar surface area (TPSA) is 87.3 Å².